The topological polar surface area (TPSA) is 80.1 Å². The molecule has 28 heavy (non-hydrogen) atoms. The van der Waals surface area contributed by atoms with Gasteiger partial charge in [0.1, 0.15) is 22.6 Å². The second kappa shape index (κ2) is 6.48. The quantitative estimate of drug-likeness (QED) is 0.514. The van der Waals surface area contributed by atoms with Gasteiger partial charge in [0.05, 0.1) is 37.5 Å². The first-order valence-corrected chi connectivity index (χ1v) is 9.30. The maximum atomic E-state index is 7.94. The summed E-state index contributed by atoms with van der Waals surface area (Å²) in [6, 6.07) is 13.5. The highest BCUT2D eigenvalue weighted by atomic mass is 32.1. The van der Waals surface area contributed by atoms with E-state index in [9.17, 15) is 0 Å². The third-order valence-electron chi connectivity index (χ3n) is 4.89. The molecule has 2 aromatic carbocycles. The Labute approximate surface area is 164 Å². The second-order valence-electron chi connectivity index (χ2n) is 6.34. The van der Waals surface area contributed by atoms with Crippen LogP contribution in [0.25, 0.3) is 21.6 Å². The molecule has 7 nitrogen and oxygen atoms in total. The third kappa shape index (κ3) is 2.45. The molecule has 0 spiro atoms. The van der Waals surface area contributed by atoms with Gasteiger partial charge in [0.2, 0.25) is 5.70 Å². The lowest BCUT2D eigenvalue weighted by molar-refractivity contribution is 0.415. The molecule has 0 fully saturated rings. The predicted molar refractivity (Wildman–Crippen MR) is 108 cm³/mol. The van der Waals surface area contributed by atoms with Gasteiger partial charge >= 0.3 is 0 Å². The molecule has 0 saturated carbocycles. The average molecular weight is 386 g/mol. The van der Waals surface area contributed by atoms with Crippen LogP contribution in [0.3, 0.4) is 0 Å². The zero-order valence-corrected chi connectivity index (χ0v) is 15.6. The zero-order chi connectivity index (χ0) is 19.1. The monoisotopic (exact) mass is 386 g/mol. The molecular formula is C20H14N6OS. The number of rotatable bonds is 3. The number of fused-ring (bicyclic) bond motifs is 2. The van der Waals surface area contributed by atoms with Gasteiger partial charge in [-0.3, -0.25) is 5.10 Å². The van der Waals surface area contributed by atoms with Crippen LogP contribution >= 0.6 is 11.7 Å². The molecule has 0 amide bonds. The summed E-state index contributed by atoms with van der Waals surface area (Å²) in [5.74, 6) is 1.27. The number of nitrogens with zero attached hydrogens (tertiary/aromatic N) is 4. The molecule has 1 aliphatic heterocycles. The van der Waals surface area contributed by atoms with E-state index in [1.165, 1.54) is 11.7 Å². The van der Waals surface area contributed by atoms with Crippen LogP contribution in [0.15, 0.2) is 54.4 Å². The van der Waals surface area contributed by atoms with Crippen LogP contribution in [0.2, 0.25) is 0 Å². The fraction of sp³-hybridized carbons (Fsp3) is 0.100. The third-order valence-corrected chi connectivity index (χ3v) is 5.43. The van der Waals surface area contributed by atoms with Gasteiger partial charge in [-0.2, -0.15) is 13.8 Å². The summed E-state index contributed by atoms with van der Waals surface area (Å²) in [6.45, 7) is 7.94. The van der Waals surface area contributed by atoms with Gasteiger partial charge in [-0.1, -0.05) is 24.3 Å². The van der Waals surface area contributed by atoms with Crippen LogP contribution in [-0.2, 0) is 0 Å². The number of anilines is 1. The van der Waals surface area contributed by atoms with E-state index in [-0.39, 0.29) is 5.92 Å². The lowest BCUT2D eigenvalue weighted by atomic mass is 9.85. The average Bonchev–Trinajstić information content (AvgIpc) is 3.41. The summed E-state index contributed by atoms with van der Waals surface area (Å²) in [6.07, 6.45) is 1.77. The number of allylic oxidation sites excluding steroid dienone is 1. The minimum absolute atomic E-state index is 0.280. The summed E-state index contributed by atoms with van der Waals surface area (Å²) in [4.78, 5) is 3.92. The highest BCUT2D eigenvalue weighted by molar-refractivity contribution is 7.00. The number of H-pyrrole nitrogens is 1. The van der Waals surface area contributed by atoms with Gasteiger partial charge in [0, 0.05) is 11.3 Å². The van der Waals surface area contributed by atoms with Crippen LogP contribution < -0.4 is 10.1 Å². The van der Waals surface area contributed by atoms with Crippen molar-refractivity contribution in [3.8, 4) is 5.75 Å². The van der Waals surface area contributed by atoms with Crippen molar-refractivity contribution < 1.29 is 4.74 Å². The van der Waals surface area contributed by atoms with E-state index < -0.39 is 0 Å². The Morgan fingerprint density at radius 3 is 2.75 bits per heavy atom. The molecule has 3 heterocycles. The van der Waals surface area contributed by atoms with Gasteiger partial charge in [-0.05, 0) is 29.3 Å². The number of hydrogen-bond acceptors (Lipinski definition) is 6. The summed E-state index contributed by atoms with van der Waals surface area (Å²) in [5, 5.41) is 10.6. The number of nitrogens with one attached hydrogen (secondary N) is 2. The predicted octanol–water partition coefficient (Wildman–Crippen LogP) is 4.27. The van der Waals surface area contributed by atoms with Crippen molar-refractivity contribution in [3.05, 3.63) is 82.5 Å². The van der Waals surface area contributed by atoms with E-state index >= 15 is 0 Å². The van der Waals surface area contributed by atoms with Crippen molar-refractivity contribution in [1.82, 2.24) is 18.9 Å². The molecule has 1 aliphatic rings. The SMILES string of the molecule is [C-]#[N+]C1=C(c2ccc(OC)cc2)Nc2[nH]ncc2C1c1cccc2nsnc12. The number of benzene rings is 2. The summed E-state index contributed by atoms with van der Waals surface area (Å²) in [5.41, 5.74) is 5.78. The molecule has 1 atom stereocenters. The van der Waals surface area contributed by atoms with E-state index in [0.29, 0.717) is 5.70 Å². The molecule has 0 aliphatic carbocycles. The van der Waals surface area contributed by atoms with Crippen molar-refractivity contribution in [2.24, 2.45) is 0 Å². The number of methoxy groups -OCH3 is 1. The Kier molecular flexibility index (Phi) is 3.81. The van der Waals surface area contributed by atoms with E-state index in [1.807, 2.05) is 42.5 Å². The van der Waals surface area contributed by atoms with Crippen molar-refractivity contribution >= 4 is 34.3 Å². The summed E-state index contributed by atoms with van der Waals surface area (Å²) in [7, 11) is 1.63. The van der Waals surface area contributed by atoms with E-state index in [2.05, 4.69) is 29.1 Å². The Morgan fingerprint density at radius 1 is 1.11 bits per heavy atom. The second-order valence-corrected chi connectivity index (χ2v) is 6.87. The summed E-state index contributed by atoms with van der Waals surface area (Å²) >= 11 is 1.18. The number of ether oxygens (including phenoxy) is 1. The fourth-order valence-corrected chi connectivity index (χ4v) is 4.12. The molecule has 4 aromatic rings. The van der Waals surface area contributed by atoms with Crippen molar-refractivity contribution in [1.29, 1.82) is 0 Å². The summed E-state index contributed by atoms with van der Waals surface area (Å²) < 4.78 is 14.1. The molecule has 136 valence electrons. The first kappa shape index (κ1) is 16.5. The van der Waals surface area contributed by atoms with Crippen molar-refractivity contribution in [3.63, 3.8) is 0 Å². The van der Waals surface area contributed by atoms with E-state index in [0.717, 1.165) is 45.0 Å². The molecule has 5 rings (SSSR count). The minimum Gasteiger partial charge on any atom is -0.497 e. The van der Waals surface area contributed by atoms with E-state index in [4.69, 9.17) is 11.3 Å². The molecule has 0 bridgehead atoms. The lowest BCUT2D eigenvalue weighted by Gasteiger charge is -2.26. The Bertz CT molecular complexity index is 1250. The van der Waals surface area contributed by atoms with Gasteiger partial charge < -0.3 is 10.1 Å². The molecule has 2 N–H and O–H groups in total. The maximum absolute atomic E-state index is 7.94. The van der Waals surface area contributed by atoms with Gasteiger partial charge in [-0.15, -0.1) is 0 Å². The van der Waals surface area contributed by atoms with Crippen LogP contribution in [0.5, 0.6) is 5.75 Å². The standard InChI is InChI=1S/C20H14N6OS/c1-21-19-16(13-4-3-5-15-18(13)26-28-25-15)14-10-22-24-20(14)23-17(19)11-6-8-12(27-2)9-7-11/h3-10,16H,2H3,(H2,22,23,24). The zero-order valence-electron chi connectivity index (χ0n) is 14.8. The number of aromatic amines is 1. The maximum Gasteiger partial charge on any atom is 0.200 e. The van der Waals surface area contributed by atoms with Gasteiger partial charge in [0.25, 0.3) is 0 Å². The van der Waals surface area contributed by atoms with Crippen LogP contribution in [0, 0.1) is 6.57 Å². The van der Waals surface area contributed by atoms with Gasteiger partial charge in [-0.25, -0.2) is 4.85 Å². The highest BCUT2D eigenvalue weighted by Crippen LogP contribution is 2.45. The minimum atomic E-state index is -0.280. The largest absolute Gasteiger partial charge is 0.497 e. The molecular weight excluding hydrogens is 372 g/mol. The van der Waals surface area contributed by atoms with Crippen molar-refractivity contribution in [2.75, 3.05) is 12.4 Å². The first-order valence-electron chi connectivity index (χ1n) is 8.57. The molecule has 1 unspecified atom stereocenters. The highest BCUT2D eigenvalue weighted by Gasteiger charge is 2.33. The molecule has 0 saturated heterocycles. The molecule has 0 radical (unpaired) electrons. The van der Waals surface area contributed by atoms with E-state index in [1.54, 1.807) is 13.3 Å². The van der Waals surface area contributed by atoms with Crippen LogP contribution in [-0.4, -0.2) is 26.1 Å². The van der Waals surface area contributed by atoms with Crippen LogP contribution in [0.1, 0.15) is 22.6 Å². The smallest absolute Gasteiger partial charge is 0.200 e. The van der Waals surface area contributed by atoms with Crippen molar-refractivity contribution in [2.45, 2.75) is 5.92 Å². The Balaban J connectivity index is 1.75. The molecule has 2 aromatic heterocycles. The fourth-order valence-electron chi connectivity index (χ4n) is 3.57. The normalized spacial score (nSPS) is 15.8. The number of aromatic nitrogens is 4. The Hall–Kier alpha value is -3.70. The lowest BCUT2D eigenvalue weighted by Crippen LogP contribution is -2.16. The first-order chi connectivity index (χ1) is 13.8. The number of hydrogen-bond donors (Lipinski definition) is 2. The molecule has 8 heteroatoms. The van der Waals surface area contributed by atoms with Crippen LogP contribution in [0.4, 0.5) is 5.82 Å². The Morgan fingerprint density at radius 2 is 1.96 bits per heavy atom. The van der Waals surface area contributed by atoms with Gasteiger partial charge in [0.15, 0.2) is 0 Å².